The van der Waals surface area contributed by atoms with Gasteiger partial charge in [0.25, 0.3) is 0 Å². The molecule has 2 aromatic rings. The molecule has 5 nitrogen and oxygen atoms in total. The minimum absolute atomic E-state index is 0.0859. The van der Waals surface area contributed by atoms with Crippen molar-refractivity contribution in [2.45, 2.75) is 33.7 Å². The maximum atomic E-state index is 14.1. The van der Waals surface area contributed by atoms with Gasteiger partial charge in [-0.3, -0.25) is 9.59 Å². The zero-order valence-corrected chi connectivity index (χ0v) is 14.6. The Bertz CT molecular complexity index is 828. The molecular formula is C19H21FN2O3. The van der Waals surface area contributed by atoms with E-state index in [0.717, 1.165) is 22.6 Å². The fourth-order valence-corrected chi connectivity index (χ4v) is 3.13. The summed E-state index contributed by atoms with van der Waals surface area (Å²) in [6.45, 7) is 6.02. The highest BCUT2D eigenvalue weighted by molar-refractivity contribution is 6.00. The average Bonchev–Trinajstić information content (AvgIpc) is 3.07. The number of aryl methyl sites for hydroxylation is 3. The fourth-order valence-electron chi connectivity index (χ4n) is 3.13. The van der Waals surface area contributed by atoms with Gasteiger partial charge in [-0.15, -0.1) is 0 Å². The standard InChI is InChI=1S/C19H21FN2O3/c1-11-4-5-17(16(20)6-11)22-10-15(8-18(22)23)19(24)21-9-14-7-12(2)25-13(14)3/h4-7,15H,8-10H2,1-3H3,(H,21,24). The Hall–Kier alpha value is -2.63. The second-order valence-electron chi connectivity index (χ2n) is 6.52. The van der Waals surface area contributed by atoms with E-state index in [9.17, 15) is 14.0 Å². The van der Waals surface area contributed by atoms with Crippen LogP contribution in [0.4, 0.5) is 10.1 Å². The molecule has 1 aliphatic rings. The maximum absolute atomic E-state index is 14.1. The van der Waals surface area contributed by atoms with Gasteiger partial charge in [-0.1, -0.05) is 6.07 Å². The summed E-state index contributed by atoms with van der Waals surface area (Å²) in [5, 5.41) is 2.84. The van der Waals surface area contributed by atoms with Gasteiger partial charge in [0.05, 0.1) is 11.6 Å². The molecule has 3 rings (SSSR count). The number of rotatable bonds is 4. The first kappa shape index (κ1) is 17.2. The van der Waals surface area contributed by atoms with Crippen molar-refractivity contribution < 1.29 is 18.4 Å². The number of halogens is 1. The minimum atomic E-state index is -0.485. The first-order valence-corrected chi connectivity index (χ1v) is 8.25. The van der Waals surface area contributed by atoms with E-state index in [4.69, 9.17) is 4.42 Å². The summed E-state index contributed by atoms with van der Waals surface area (Å²) in [7, 11) is 0. The molecule has 6 heteroatoms. The summed E-state index contributed by atoms with van der Waals surface area (Å²) < 4.78 is 19.5. The predicted octanol–water partition coefficient (Wildman–Crippen LogP) is 3.01. The third-order valence-electron chi connectivity index (χ3n) is 4.49. The number of carbonyl (C=O) groups excluding carboxylic acids is 2. The molecule has 1 aromatic heterocycles. The molecule has 25 heavy (non-hydrogen) atoms. The van der Waals surface area contributed by atoms with Crippen LogP contribution in [-0.4, -0.2) is 18.4 Å². The molecule has 0 saturated carbocycles. The minimum Gasteiger partial charge on any atom is -0.466 e. The van der Waals surface area contributed by atoms with Crippen molar-refractivity contribution in [2.24, 2.45) is 5.92 Å². The molecule has 1 N–H and O–H groups in total. The lowest BCUT2D eigenvalue weighted by Crippen LogP contribution is -2.32. The lowest BCUT2D eigenvalue weighted by Gasteiger charge is -2.17. The number of amides is 2. The molecule has 1 saturated heterocycles. The van der Waals surface area contributed by atoms with Crippen LogP contribution in [-0.2, 0) is 16.1 Å². The van der Waals surface area contributed by atoms with Crippen molar-refractivity contribution in [3.63, 3.8) is 0 Å². The Morgan fingerprint density at radius 1 is 1.32 bits per heavy atom. The van der Waals surface area contributed by atoms with E-state index in [1.807, 2.05) is 19.9 Å². The van der Waals surface area contributed by atoms with E-state index >= 15 is 0 Å². The summed E-state index contributed by atoms with van der Waals surface area (Å²) in [6.07, 6.45) is 0.0859. The van der Waals surface area contributed by atoms with Gasteiger partial charge in [-0.25, -0.2) is 4.39 Å². The molecule has 2 amide bonds. The predicted molar refractivity (Wildman–Crippen MR) is 91.6 cm³/mol. The van der Waals surface area contributed by atoms with Crippen LogP contribution in [0.25, 0.3) is 0 Å². The van der Waals surface area contributed by atoms with E-state index in [-0.39, 0.29) is 30.5 Å². The third-order valence-corrected chi connectivity index (χ3v) is 4.49. The van der Waals surface area contributed by atoms with E-state index in [2.05, 4.69) is 5.32 Å². The van der Waals surface area contributed by atoms with Gasteiger partial charge >= 0.3 is 0 Å². The molecular weight excluding hydrogens is 323 g/mol. The number of hydrogen-bond acceptors (Lipinski definition) is 3. The molecule has 0 spiro atoms. The summed E-state index contributed by atoms with van der Waals surface area (Å²) >= 11 is 0. The molecule has 1 fully saturated rings. The van der Waals surface area contributed by atoms with Crippen LogP contribution in [0.15, 0.2) is 28.7 Å². The van der Waals surface area contributed by atoms with Gasteiger partial charge in [-0.2, -0.15) is 0 Å². The van der Waals surface area contributed by atoms with Crippen LogP contribution in [0.5, 0.6) is 0 Å². The SMILES string of the molecule is Cc1ccc(N2CC(C(=O)NCc3cc(C)oc3C)CC2=O)c(F)c1. The van der Waals surface area contributed by atoms with Gasteiger partial charge in [0, 0.05) is 25.1 Å². The van der Waals surface area contributed by atoms with E-state index < -0.39 is 11.7 Å². The fraction of sp³-hybridized carbons (Fsp3) is 0.368. The van der Waals surface area contributed by atoms with Crippen molar-refractivity contribution in [3.8, 4) is 0 Å². The van der Waals surface area contributed by atoms with Gasteiger partial charge < -0.3 is 14.6 Å². The monoisotopic (exact) mass is 344 g/mol. The summed E-state index contributed by atoms with van der Waals surface area (Å²) in [6, 6.07) is 6.60. The topological polar surface area (TPSA) is 62.6 Å². The van der Waals surface area contributed by atoms with Gasteiger partial charge in [0.15, 0.2) is 0 Å². The Morgan fingerprint density at radius 3 is 2.72 bits per heavy atom. The Balaban J connectivity index is 1.65. The smallest absolute Gasteiger partial charge is 0.227 e. The van der Waals surface area contributed by atoms with Crippen molar-refractivity contribution in [1.82, 2.24) is 5.32 Å². The molecule has 2 heterocycles. The summed E-state index contributed by atoms with van der Waals surface area (Å²) in [4.78, 5) is 26.0. The number of anilines is 1. The largest absolute Gasteiger partial charge is 0.466 e. The molecule has 1 atom stereocenters. The number of hydrogen-bond donors (Lipinski definition) is 1. The normalized spacial score (nSPS) is 17.2. The average molecular weight is 344 g/mol. The second kappa shape index (κ2) is 6.70. The van der Waals surface area contributed by atoms with Crippen LogP contribution in [0.1, 0.15) is 29.1 Å². The Labute approximate surface area is 145 Å². The number of furan rings is 1. The molecule has 0 bridgehead atoms. The lowest BCUT2D eigenvalue weighted by atomic mass is 10.1. The highest BCUT2D eigenvalue weighted by Crippen LogP contribution is 2.28. The van der Waals surface area contributed by atoms with Crippen LogP contribution >= 0.6 is 0 Å². The first-order chi connectivity index (χ1) is 11.8. The highest BCUT2D eigenvalue weighted by Gasteiger charge is 2.36. The first-order valence-electron chi connectivity index (χ1n) is 8.25. The Morgan fingerprint density at radius 2 is 2.08 bits per heavy atom. The van der Waals surface area contributed by atoms with E-state index in [1.54, 1.807) is 19.1 Å². The second-order valence-corrected chi connectivity index (χ2v) is 6.52. The number of carbonyl (C=O) groups is 2. The molecule has 1 aromatic carbocycles. The zero-order chi connectivity index (χ0) is 18.1. The highest BCUT2D eigenvalue weighted by atomic mass is 19.1. The van der Waals surface area contributed by atoms with Gasteiger partial charge in [0.2, 0.25) is 11.8 Å². The van der Waals surface area contributed by atoms with Gasteiger partial charge in [0.1, 0.15) is 17.3 Å². The van der Waals surface area contributed by atoms with E-state index in [0.29, 0.717) is 6.54 Å². The molecule has 132 valence electrons. The van der Waals surface area contributed by atoms with Crippen LogP contribution in [0, 0.1) is 32.5 Å². The maximum Gasteiger partial charge on any atom is 0.227 e. The van der Waals surface area contributed by atoms with Gasteiger partial charge in [-0.05, 0) is 44.5 Å². The molecule has 1 aliphatic heterocycles. The number of benzene rings is 1. The van der Waals surface area contributed by atoms with Crippen molar-refractivity contribution >= 4 is 17.5 Å². The van der Waals surface area contributed by atoms with Crippen molar-refractivity contribution in [1.29, 1.82) is 0 Å². The van der Waals surface area contributed by atoms with Crippen molar-refractivity contribution in [3.05, 3.63) is 52.7 Å². The van der Waals surface area contributed by atoms with Crippen molar-refractivity contribution in [2.75, 3.05) is 11.4 Å². The quantitative estimate of drug-likeness (QED) is 0.927. The Kier molecular flexibility index (Phi) is 4.61. The summed E-state index contributed by atoms with van der Waals surface area (Å²) in [5.41, 5.74) is 1.93. The number of nitrogens with zero attached hydrogens (tertiary/aromatic N) is 1. The molecule has 0 radical (unpaired) electrons. The number of nitrogens with one attached hydrogen (secondary N) is 1. The zero-order valence-electron chi connectivity index (χ0n) is 14.6. The van der Waals surface area contributed by atoms with E-state index in [1.165, 1.54) is 11.0 Å². The lowest BCUT2D eigenvalue weighted by molar-refractivity contribution is -0.126. The van der Waals surface area contributed by atoms with Crippen LogP contribution in [0.3, 0.4) is 0 Å². The van der Waals surface area contributed by atoms with Crippen LogP contribution in [0.2, 0.25) is 0 Å². The van der Waals surface area contributed by atoms with Crippen LogP contribution < -0.4 is 10.2 Å². The molecule has 0 aliphatic carbocycles. The third kappa shape index (κ3) is 3.57. The molecule has 1 unspecified atom stereocenters. The summed E-state index contributed by atoms with van der Waals surface area (Å²) in [5.74, 6) is 0.183.